The number of benzene rings is 2. The van der Waals surface area contributed by atoms with E-state index in [1.165, 1.54) is 23.2 Å². The molecule has 1 aliphatic rings. The number of carbonyl (C=O) groups is 1. The van der Waals surface area contributed by atoms with Crippen LogP contribution in [0.5, 0.6) is 5.75 Å². The number of alkyl halides is 3. The van der Waals surface area contributed by atoms with E-state index in [1.54, 1.807) is 0 Å². The summed E-state index contributed by atoms with van der Waals surface area (Å²) in [5.74, 6) is -1.70. The standard InChI is InChI=1S/C16H12ClF4N5O2/c17-12-3-1-9(5-11(12)16(19,20)21)23-15(27)7-28-14-4-2-10(6-13(14)18)26-8-22-24-25-26/h1-6H,7-8H2,(H,22,25)(H,23,27). The van der Waals surface area contributed by atoms with E-state index in [0.717, 1.165) is 12.1 Å². The van der Waals surface area contributed by atoms with Crippen LogP contribution in [0.2, 0.25) is 5.02 Å². The minimum atomic E-state index is -4.66. The van der Waals surface area contributed by atoms with E-state index in [4.69, 9.17) is 16.3 Å². The molecule has 1 aliphatic heterocycles. The summed E-state index contributed by atoms with van der Waals surface area (Å²) in [7, 11) is 0. The molecule has 0 unspecified atom stereocenters. The number of anilines is 2. The summed E-state index contributed by atoms with van der Waals surface area (Å²) in [5, 5.41) is 10.4. The Balaban J connectivity index is 1.61. The molecular formula is C16H12ClF4N5O2. The lowest BCUT2D eigenvalue weighted by molar-refractivity contribution is -0.137. The van der Waals surface area contributed by atoms with Crippen molar-refractivity contribution in [1.29, 1.82) is 0 Å². The Labute approximate surface area is 160 Å². The molecule has 1 amide bonds. The van der Waals surface area contributed by atoms with Crippen molar-refractivity contribution >= 4 is 28.9 Å². The molecule has 0 bridgehead atoms. The Morgan fingerprint density at radius 1 is 1.29 bits per heavy atom. The fourth-order valence-corrected chi connectivity index (χ4v) is 2.51. The van der Waals surface area contributed by atoms with Crippen molar-refractivity contribution in [3.8, 4) is 5.75 Å². The van der Waals surface area contributed by atoms with Gasteiger partial charge in [0.15, 0.2) is 18.2 Å². The molecule has 2 aromatic carbocycles. The van der Waals surface area contributed by atoms with Crippen LogP contribution in [0.25, 0.3) is 0 Å². The van der Waals surface area contributed by atoms with Crippen LogP contribution in [0.1, 0.15) is 5.56 Å². The van der Waals surface area contributed by atoms with Gasteiger partial charge in [-0.3, -0.25) is 10.2 Å². The number of amides is 1. The van der Waals surface area contributed by atoms with Gasteiger partial charge in [-0.1, -0.05) is 16.8 Å². The van der Waals surface area contributed by atoms with Gasteiger partial charge in [-0.05, 0) is 35.6 Å². The first-order valence-electron chi connectivity index (χ1n) is 7.74. The van der Waals surface area contributed by atoms with Crippen molar-refractivity contribution in [3.63, 3.8) is 0 Å². The SMILES string of the molecule is O=C(COc1ccc(N2CNN=N2)cc1F)Nc1ccc(Cl)c(C(F)(F)F)c1. The third-order valence-corrected chi connectivity index (χ3v) is 3.90. The summed E-state index contributed by atoms with van der Waals surface area (Å²) in [5.41, 5.74) is 1.81. The van der Waals surface area contributed by atoms with Gasteiger partial charge in [-0.25, -0.2) is 9.40 Å². The van der Waals surface area contributed by atoms with Crippen LogP contribution in [-0.4, -0.2) is 19.2 Å². The zero-order valence-corrected chi connectivity index (χ0v) is 14.7. The minimum absolute atomic E-state index is 0.118. The van der Waals surface area contributed by atoms with Crippen molar-refractivity contribution in [2.75, 3.05) is 23.6 Å². The molecule has 3 rings (SSSR count). The van der Waals surface area contributed by atoms with Crippen molar-refractivity contribution in [2.45, 2.75) is 6.18 Å². The molecule has 148 valence electrons. The Bertz CT molecular complexity index is 922. The van der Waals surface area contributed by atoms with Crippen LogP contribution in [0.15, 0.2) is 46.8 Å². The zero-order valence-electron chi connectivity index (χ0n) is 13.9. The number of nitrogens with one attached hydrogen (secondary N) is 2. The monoisotopic (exact) mass is 417 g/mol. The predicted octanol–water partition coefficient (Wildman–Crippen LogP) is 4.16. The lowest BCUT2D eigenvalue weighted by Crippen LogP contribution is -2.21. The summed E-state index contributed by atoms with van der Waals surface area (Å²) in [6.07, 6.45) is -4.66. The van der Waals surface area contributed by atoms with Crippen molar-refractivity contribution < 1.29 is 27.1 Å². The van der Waals surface area contributed by atoms with Crippen LogP contribution < -0.4 is 20.5 Å². The second-order valence-electron chi connectivity index (χ2n) is 5.55. The Morgan fingerprint density at radius 2 is 2.07 bits per heavy atom. The van der Waals surface area contributed by atoms with E-state index in [0.29, 0.717) is 11.8 Å². The topological polar surface area (TPSA) is 78.3 Å². The van der Waals surface area contributed by atoms with E-state index in [1.807, 2.05) is 0 Å². The third-order valence-electron chi connectivity index (χ3n) is 3.57. The molecule has 0 radical (unpaired) electrons. The number of halogens is 5. The van der Waals surface area contributed by atoms with Gasteiger partial charge in [0.25, 0.3) is 5.91 Å². The number of ether oxygens (including phenoxy) is 1. The second kappa shape index (κ2) is 7.89. The number of rotatable bonds is 5. The molecule has 12 heteroatoms. The number of carbonyl (C=O) groups excluding carboxylic acids is 1. The summed E-state index contributed by atoms with van der Waals surface area (Å²) in [4.78, 5) is 11.9. The highest BCUT2D eigenvalue weighted by Crippen LogP contribution is 2.36. The van der Waals surface area contributed by atoms with Gasteiger partial charge in [-0.2, -0.15) is 13.2 Å². The molecule has 0 atom stereocenters. The van der Waals surface area contributed by atoms with Gasteiger partial charge in [-0.15, -0.1) is 0 Å². The smallest absolute Gasteiger partial charge is 0.417 e. The molecule has 7 nitrogen and oxygen atoms in total. The van der Waals surface area contributed by atoms with E-state index in [9.17, 15) is 22.4 Å². The number of hydrogen-bond donors (Lipinski definition) is 2. The second-order valence-corrected chi connectivity index (χ2v) is 5.96. The summed E-state index contributed by atoms with van der Waals surface area (Å²) >= 11 is 5.52. The van der Waals surface area contributed by atoms with Crippen molar-refractivity contribution in [1.82, 2.24) is 5.43 Å². The Morgan fingerprint density at radius 3 is 2.71 bits per heavy atom. The normalized spacial score (nSPS) is 13.4. The quantitative estimate of drug-likeness (QED) is 0.716. The molecule has 0 aliphatic carbocycles. The van der Waals surface area contributed by atoms with E-state index in [2.05, 4.69) is 21.2 Å². The molecule has 2 aromatic rings. The number of nitrogens with zero attached hydrogens (tertiary/aromatic N) is 3. The van der Waals surface area contributed by atoms with Gasteiger partial charge in [0, 0.05) is 11.8 Å². The highest BCUT2D eigenvalue weighted by Gasteiger charge is 2.33. The summed E-state index contributed by atoms with van der Waals surface area (Å²) in [6, 6.07) is 6.89. The van der Waals surface area contributed by atoms with Crippen LogP contribution in [0.3, 0.4) is 0 Å². The number of hydrogen-bond acceptors (Lipinski definition) is 6. The van der Waals surface area contributed by atoms with Crippen molar-refractivity contribution in [2.24, 2.45) is 10.4 Å². The fraction of sp³-hybridized carbons (Fsp3) is 0.188. The van der Waals surface area contributed by atoms with Crippen LogP contribution in [0.4, 0.5) is 28.9 Å². The van der Waals surface area contributed by atoms with E-state index < -0.39 is 35.1 Å². The molecule has 0 saturated carbocycles. The maximum absolute atomic E-state index is 14.1. The molecule has 0 spiro atoms. The van der Waals surface area contributed by atoms with Gasteiger partial charge in [0.05, 0.1) is 16.3 Å². The van der Waals surface area contributed by atoms with Crippen LogP contribution in [0, 0.1) is 5.82 Å². The first-order chi connectivity index (χ1) is 13.2. The fourth-order valence-electron chi connectivity index (χ4n) is 2.29. The van der Waals surface area contributed by atoms with Crippen molar-refractivity contribution in [3.05, 3.63) is 52.8 Å². The Hall–Kier alpha value is -3.08. The van der Waals surface area contributed by atoms with Gasteiger partial charge in [0.1, 0.15) is 6.67 Å². The molecule has 0 saturated heterocycles. The zero-order chi connectivity index (χ0) is 20.3. The first kappa shape index (κ1) is 19.7. The largest absolute Gasteiger partial charge is 0.481 e. The van der Waals surface area contributed by atoms with Crippen LogP contribution in [-0.2, 0) is 11.0 Å². The van der Waals surface area contributed by atoms with Gasteiger partial charge in [0.2, 0.25) is 0 Å². The average molecular weight is 418 g/mol. The molecule has 0 fully saturated rings. The third kappa shape index (κ3) is 4.60. The maximum atomic E-state index is 14.1. The van der Waals surface area contributed by atoms with Gasteiger partial charge < -0.3 is 10.1 Å². The van der Waals surface area contributed by atoms with Gasteiger partial charge >= 0.3 is 6.18 Å². The van der Waals surface area contributed by atoms with E-state index in [-0.39, 0.29) is 18.1 Å². The minimum Gasteiger partial charge on any atom is -0.481 e. The Kier molecular flexibility index (Phi) is 5.54. The first-order valence-corrected chi connectivity index (χ1v) is 8.12. The van der Waals surface area contributed by atoms with Crippen LogP contribution >= 0.6 is 11.6 Å². The average Bonchev–Trinajstić information content (AvgIpc) is 3.16. The lowest BCUT2D eigenvalue weighted by atomic mass is 10.2. The molecule has 2 N–H and O–H groups in total. The highest BCUT2D eigenvalue weighted by atomic mass is 35.5. The van der Waals surface area contributed by atoms with E-state index >= 15 is 0 Å². The lowest BCUT2D eigenvalue weighted by Gasteiger charge is -2.14. The summed E-state index contributed by atoms with van der Waals surface area (Å²) < 4.78 is 57.7. The molecule has 28 heavy (non-hydrogen) atoms. The molecular weight excluding hydrogens is 406 g/mol. The maximum Gasteiger partial charge on any atom is 0.417 e. The summed E-state index contributed by atoms with van der Waals surface area (Å²) in [6.45, 7) is -0.325. The predicted molar refractivity (Wildman–Crippen MR) is 92.3 cm³/mol. The highest BCUT2D eigenvalue weighted by molar-refractivity contribution is 6.31. The molecule has 1 heterocycles. The molecule has 0 aromatic heterocycles.